The summed E-state index contributed by atoms with van der Waals surface area (Å²) < 4.78 is 5.32. The maximum Gasteiger partial charge on any atom is 0.0707 e. The molecule has 0 bridgehead atoms. The first kappa shape index (κ1) is 9.70. The zero-order valence-corrected chi connectivity index (χ0v) is 7.69. The summed E-state index contributed by atoms with van der Waals surface area (Å²) in [5.41, 5.74) is -0.101. The Morgan fingerprint density at radius 3 is 1.70 bits per heavy atom. The lowest BCUT2D eigenvalue weighted by Gasteiger charge is -2.37. The largest absolute Gasteiger partial charge is 0.378 e. The average Bonchev–Trinajstić information content (AvgIpc) is 1.88. The second kappa shape index (κ2) is 2.75. The first-order chi connectivity index (χ1) is 4.37. The van der Waals surface area contributed by atoms with Gasteiger partial charge < -0.3 is 4.74 Å². The molecule has 0 rings (SSSR count). The van der Waals surface area contributed by atoms with Crippen molar-refractivity contribution >= 4 is 0 Å². The normalized spacial score (nSPS) is 13.3. The van der Waals surface area contributed by atoms with E-state index < -0.39 is 0 Å². The van der Waals surface area contributed by atoms with E-state index in [1.54, 1.807) is 7.11 Å². The molecule has 0 heterocycles. The Balaban J connectivity index is 4.43. The van der Waals surface area contributed by atoms with Crippen molar-refractivity contribution in [2.45, 2.75) is 33.3 Å². The van der Waals surface area contributed by atoms with Gasteiger partial charge in [0.15, 0.2) is 0 Å². The molecule has 0 atom stereocenters. The molecule has 0 spiro atoms. The second-order valence-electron chi connectivity index (χ2n) is 3.64. The van der Waals surface area contributed by atoms with Gasteiger partial charge in [-0.2, -0.15) is 0 Å². The van der Waals surface area contributed by atoms with Crippen molar-refractivity contribution in [1.82, 2.24) is 0 Å². The zero-order valence-electron chi connectivity index (χ0n) is 7.69. The Morgan fingerprint density at radius 1 is 1.20 bits per heavy atom. The van der Waals surface area contributed by atoms with Crippen LogP contribution >= 0.6 is 0 Å². The van der Waals surface area contributed by atoms with Crippen molar-refractivity contribution < 1.29 is 4.74 Å². The Bertz CT molecular complexity index is 123. The molecule has 0 saturated carbocycles. The third-order valence-electron chi connectivity index (χ3n) is 2.57. The number of methoxy groups -OCH3 is 1. The molecule has 1 nitrogen and oxygen atoms in total. The van der Waals surface area contributed by atoms with E-state index in [9.17, 15) is 0 Å². The van der Waals surface area contributed by atoms with Crippen LogP contribution in [0.2, 0.25) is 0 Å². The predicted molar refractivity (Wildman–Crippen MR) is 45.1 cm³/mol. The molecule has 0 radical (unpaired) electrons. The van der Waals surface area contributed by atoms with Gasteiger partial charge in [0.25, 0.3) is 0 Å². The topological polar surface area (TPSA) is 9.23 Å². The Kier molecular flexibility index (Phi) is 2.67. The predicted octanol–water partition coefficient (Wildman–Crippen LogP) is 2.62. The molecule has 60 valence electrons. The van der Waals surface area contributed by atoms with Gasteiger partial charge in [0.05, 0.1) is 5.60 Å². The molecule has 0 aliphatic rings. The number of hydrogen-bond donors (Lipinski definition) is 0. The molecule has 1 heteroatoms. The molecule has 0 saturated heterocycles. The minimum atomic E-state index is -0.130. The standard InChI is InChI=1S/C9H18O/c1-7-8(2,3)9(4,5)10-6/h7H,1H2,2-6H3. The quantitative estimate of drug-likeness (QED) is 0.550. The van der Waals surface area contributed by atoms with Gasteiger partial charge in [0, 0.05) is 12.5 Å². The molecule has 0 aliphatic carbocycles. The number of rotatable bonds is 3. The van der Waals surface area contributed by atoms with Crippen molar-refractivity contribution in [1.29, 1.82) is 0 Å². The molecule has 0 aliphatic heterocycles. The second-order valence-corrected chi connectivity index (χ2v) is 3.64. The van der Waals surface area contributed by atoms with Crippen LogP contribution in [0.25, 0.3) is 0 Å². The molecular weight excluding hydrogens is 124 g/mol. The van der Waals surface area contributed by atoms with Gasteiger partial charge in [-0.3, -0.25) is 0 Å². The smallest absolute Gasteiger partial charge is 0.0707 e. The lowest BCUT2D eigenvalue weighted by molar-refractivity contribution is -0.0483. The maximum absolute atomic E-state index is 5.32. The van der Waals surface area contributed by atoms with E-state index in [0.717, 1.165) is 0 Å². The van der Waals surface area contributed by atoms with Crippen LogP contribution in [-0.2, 0) is 4.74 Å². The van der Waals surface area contributed by atoms with Crippen LogP contribution in [0.5, 0.6) is 0 Å². The molecule has 0 aromatic carbocycles. The van der Waals surface area contributed by atoms with Crippen LogP contribution in [0.3, 0.4) is 0 Å². The van der Waals surface area contributed by atoms with Gasteiger partial charge in [0.1, 0.15) is 0 Å². The molecule has 0 amide bonds. The summed E-state index contributed by atoms with van der Waals surface area (Å²) in [7, 11) is 1.73. The first-order valence-corrected chi connectivity index (χ1v) is 3.56. The van der Waals surface area contributed by atoms with E-state index >= 15 is 0 Å². The monoisotopic (exact) mass is 142 g/mol. The molecule has 0 aromatic heterocycles. The fraction of sp³-hybridized carbons (Fsp3) is 0.778. The molecule has 0 unspecified atom stereocenters. The van der Waals surface area contributed by atoms with E-state index in [0.29, 0.717) is 0 Å². The van der Waals surface area contributed by atoms with E-state index in [1.807, 2.05) is 6.08 Å². The number of ether oxygens (including phenoxy) is 1. The fourth-order valence-corrected chi connectivity index (χ4v) is 0.509. The van der Waals surface area contributed by atoms with Crippen LogP contribution in [0.4, 0.5) is 0 Å². The molecule has 10 heavy (non-hydrogen) atoms. The van der Waals surface area contributed by atoms with Crippen molar-refractivity contribution in [3.8, 4) is 0 Å². The molecule has 0 aromatic rings. The van der Waals surface area contributed by atoms with Gasteiger partial charge in [-0.25, -0.2) is 0 Å². The third kappa shape index (κ3) is 1.60. The highest BCUT2D eigenvalue weighted by Gasteiger charge is 2.33. The Hall–Kier alpha value is -0.300. The Labute approximate surface area is 64.1 Å². The highest BCUT2D eigenvalue weighted by Crippen LogP contribution is 2.33. The summed E-state index contributed by atoms with van der Waals surface area (Å²) in [5.74, 6) is 0. The summed E-state index contributed by atoms with van der Waals surface area (Å²) in [4.78, 5) is 0. The Morgan fingerprint density at radius 2 is 1.60 bits per heavy atom. The third-order valence-corrected chi connectivity index (χ3v) is 2.57. The average molecular weight is 142 g/mol. The zero-order chi connectivity index (χ0) is 8.41. The summed E-state index contributed by atoms with van der Waals surface area (Å²) >= 11 is 0. The SMILES string of the molecule is C=CC(C)(C)C(C)(C)OC. The van der Waals surface area contributed by atoms with Crippen molar-refractivity contribution in [2.75, 3.05) is 7.11 Å². The van der Waals surface area contributed by atoms with Crippen LogP contribution in [0.15, 0.2) is 12.7 Å². The highest BCUT2D eigenvalue weighted by atomic mass is 16.5. The minimum Gasteiger partial charge on any atom is -0.378 e. The van der Waals surface area contributed by atoms with Gasteiger partial charge in [-0.05, 0) is 13.8 Å². The van der Waals surface area contributed by atoms with E-state index in [-0.39, 0.29) is 11.0 Å². The molecule has 0 N–H and O–H groups in total. The van der Waals surface area contributed by atoms with Crippen LogP contribution in [0.1, 0.15) is 27.7 Å². The van der Waals surface area contributed by atoms with Crippen LogP contribution in [-0.4, -0.2) is 12.7 Å². The highest BCUT2D eigenvalue weighted by molar-refractivity contribution is 4.99. The molecular formula is C9H18O. The van der Waals surface area contributed by atoms with E-state index in [4.69, 9.17) is 4.74 Å². The van der Waals surface area contributed by atoms with Gasteiger partial charge in [-0.1, -0.05) is 19.9 Å². The van der Waals surface area contributed by atoms with Crippen LogP contribution in [0, 0.1) is 5.41 Å². The van der Waals surface area contributed by atoms with Gasteiger partial charge >= 0.3 is 0 Å². The molecule has 0 fully saturated rings. The van der Waals surface area contributed by atoms with Crippen molar-refractivity contribution in [3.05, 3.63) is 12.7 Å². The summed E-state index contributed by atoms with van der Waals surface area (Å²) in [6.45, 7) is 12.1. The lowest BCUT2D eigenvalue weighted by atomic mass is 9.77. The van der Waals surface area contributed by atoms with Crippen molar-refractivity contribution in [3.63, 3.8) is 0 Å². The summed E-state index contributed by atoms with van der Waals surface area (Å²) in [6, 6.07) is 0. The summed E-state index contributed by atoms with van der Waals surface area (Å²) in [6.07, 6.45) is 1.93. The van der Waals surface area contributed by atoms with Crippen LogP contribution < -0.4 is 0 Å². The van der Waals surface area contributed by atoms with Crippen molar-refractivity contribution in [2.24, 2.45) is 5.41 Å². The van der Waals surface area contributed by atoms with E-state index in [1.165, 1.54) is 0 Å². The first-order valence-electron chi connectivity index (χ1n) is 3.56. The summed E-state index contributed by atoms with van der Waals surface area (Å²) in [5, 5.41) is 0. The lowest BCUT2D eigenvalue weighted by Crippen LogP contribution is -2.39. The van der Waals surface area contributed by atoms with Gasteiger partial charge in [0.2, 0.25) is 0 Å². The van der Waals surface area contributed by atoms with E-state index in [2.05, 4.69) is 34.3 Å². The maximum atomic E-state index is 5.32. The van der Waals surface area contributed by atoms with Gasteiger partial charge in [-0.15, -0.1) is 6.58 Å². The fourth-order valence-electron chi connectivity index (χ4n) is 0.509. The number of hydrogen-bond acceptors (Lipinski definition) is 1. The minimum absolute atomic E-state index is 0.0295.